The Hall–Kier alpha value is -2.30. The minimum Gasteiger partial charge on any atom is -0.508 e. The summed E-state index contributed by atoms with van der Waals surface area (Å²) in [6.07, 6.45) is 2.43. The quantitative estimate of drug-likeness (QED) is 0.883. The van der Waals surface area contributed by atoms with Gasteiger partial charge < -0.3 is 14.8 Å². The summed E-state index contributed by atoms with van der Waals surface area (Å²) < 4.78 is 5.40. The Labute approximate surface area is 111 Å². The van der Waals surface area contributed by atoms with Crippen molar-refractivity contribution in [3.8, 4) is 5.75 Å². The number of rotatable bonds is 4. The van der Waals surface area contributed by atoms with Crippen molar-refractivity contribution >= 4 is 5.91 Å². The van der Waals surface area contributed by atoms with E-state index in [2.05, 4.69) is 10.3 Å². The molecule has 19 heavy (non-hydrogen) atoms. The summed E-state index contributed by atoms with van der Waals surface area (Å²) in [7, 11) is 0. The van der Waals surface area contributed by atoms with Crippen molar-refractivity contribution in [2.45, 2.75) is 26.8 Å². The Morgan fingerprint density at radius 3 is 2.89 bits per heavy atom. The summed E-state index contributed by atoms with van der Waals surface area (Å²) >= 11 is 0. The van der Waals surface area contributed by atoms with E-state index < -0.39 is 0 Å². The summed E-state index contributed by atoms with van der Waals surface area (Å²) in [6.45, 7) is 3.97. The molecule has 0 saturated heterocycles. The number of aromatic hydroxyl groups is 1. The lowest BCUT2D eigenvalue weighted by molar-refractivity contribution is 0.0947. The number of oxazole rings is 1. The lowest BCUT2D eigenvalue weighted by atomic mass is 10.1. The molecule has 0 spiro atoms. The number of aromatic nitrogens is 1. The third-order valence-corrected chi connectivity index (χ3v) is 2.81. The highest BCUT2D eigenvalue weighted by Crippen LogP contribution is 2.16. The van der Waals surface area contributed by atoms with E-state index in [0.29, 0.717) is 17.0 Å². The zero-order valence-corrected chi connectivity index (χ0v) is 10.9. The predicted octanol–water partition coefficient (Wildman–Crippen LogP) is 2.18. The summed E-state index contributed by atoms with van der Waals surface area (Å²) in [5, 5.41) is 12.1. The van der Waals surface area contributed by atoms with E-state index in [9.17, 15) is 9.90 Å². The number of phenolic OH excluding ortho intramolecular Hbond substituents is 1. The zero-order chi connectivity index (χ0) is 13.8. The van der Waals surface area contributed by atoms with Crippen molar-refractivity contribution in [2.75, 3.05) is 0 Å². The van der Waals surface area contributed by atoms with E-state index in [1.807, 2.05) is 6.92 Å². The second kappa shape index (κ2) is 5.56. The first-order valence-electron chi connectivity index (χ1n) is 6.11. The molecular weight excluding hydrogens is 244 g/mol. The van der Waals surface area contributed by atoms with Gasteiger partial charge in [0, 0.05) is 12.0 Å². The van der Waals surface area contributed by atoms with E-state index in [4.69, 9.17) is 4.42 Å². The molecular formula is C14H16N2O3. The lowest BCUT2D eigenvalue weighted by Crippen LogP contribution is -2.22. The third kappa shape index (κ3) is 3.13. The van der Waals surface area contributed by atoms with Crippen LogP contribution in [0.4, 0.5) is 0 Å². The van der Waals surface area contributed by atoms with E-state index in [1.165, 1.54) is 6.07 Å². The van der Waals surface area contributed by atoms with Crippen molar-refractivity contribution in [1.29, 1.82) is 0 Å². The molecule has 0 aliphatic carbocycles. The maximum atomic E-state index is 11.9. The minimum atomic E-state index is -0.223. The van der Waals surface area contributed by atoms with Crippen LogP contribution in [-0.4, -0.2) is 16.0 Å². The van der Waals surface area contributed by atoms with Gasteiger partial charge in [0.1, 0.15) is 11.5 Å². The van der Waals surface area contributed by atoms with Gasteiger partial charge in [0.05, 0.1) is 12.7 Å². The molecule has 1 amide bonds. The van der Waals surface area contributed by atoms with Gasteiger partial charge in [-0.3, -0.25) is 4.79 Å². The van der Waals surface area contributed by atoms with Crippen LogP contribution in [0.2, 0.25) is 0 Å². The van der Waals surface area contributed by atoms with Crippen LogP contribution in [0.15, 0.2) is 28.8 Å². The second-order valence-electron chi connectivity index (χ2n) is 4.26. The smallest absolute Gasteiger partial charge is 0.251 e. The van der Waals surface area contributed by atoms with Crippen molar-refractivity contribution in [2.24, 2.45) is 0 Å². The van der Waals surface area contributed by atoms with Gasteiger partial charge in [-0.1, -0.05) is 6.92 Å². The molecule has 5 nitrogen and oxygen atoms in total. The maximum absolute atomic E-state index is 11.9. The van der Waals surface area contributed by atoms with E-state index in [-0.39, 0.29) is 18.2 Å². The van der Waals surface area contributed by atoms with Crippen LogP contribution >= 0.6 is 0 Å². The topological polar surface area (TPSA) is 75.4 Å². The summed E-state index contributed by atoms with van der Waals surface area (Å²) in [6, 6.07) is 4.72. The predicted molar refractivity (Wildman–Crippen MR) is 69.9 cm³/mol. The second-order valence-corrected chi connectivity index (χ2v) is 4.26. The molecule has 1 aromatic heterocycles. The number of carbonyl (C=O) groups is 1. The first kappa shape index (κ1) is 13.1. The molecule has 0 unspecified atom stereocenters. The molecule has 2 rings (SSSR count). The highest BCUT2D eigenvalue weighted by atomic mass is 16.4. The number of nitrogens with zero attached hydrogens (tertiary/aromatic N) is 1. The fraction of sp³-hybridized carbons (Fsp3) is 0.286. The average molecular weight is 260 g/mol. The van der Waals surface area contributed by atoms with Crippen LogP contribution in [0.1, 0.15) is 34.5 Å². The van der Waals surface area contributed by atoms with E-state index in [0.717, 1.165) is 12.2 Å². The SMILES string of the molecule is CCc1cnc(CNC(=O)c2ccc(O)c(C)c2)o1. The normalized spacial score (nSPS) is 10.4. The highest BCUT2D eigenvalue weighted by Gasteiger charge is 2.09. The first-order chi connectivity index (χ1) is 9.10. The van der Waals surface area contributed by atoms with Gasteiger partial charge in [-0.2, -0.15) is 0 Å². The third-order valence-electron chi connectivity index (χ3n) is 2.81. The highest BCUT2D eigenvalue weighted by molar-refractivity contribution is 5.94. The largest absolute Gasteiger partial charge is 0.508 e. The van der Waals surface area contributed by atoms with Gasteiger partial charge in [0.2, 0.25) is 5.89 Å². The van der Waals surface area contributed by atoms with Crippen molar-refractivity contribution in [3.63, 3.8) is 0 Å². The molecule has 1 heterocycles. The van der Waals surface area contributed by atoms with Gasteiger partial charge in [0.25, 0.3) is 5.91 Å². The number of hydrogen-bond acceptors (Lipinski definition) is 4. The van der Waals surface area contributed by atoms with Gasteiger partial charge in [0.15, 0.2) is 0 Å². The number of carbonyl (C=O) groups excluding carboxylic acids is 1. The van der Waals surface area contributed by atoms with Gasteiger partial charge >= 0.3 is 0 Å². The monoisotopic (exact) mass is 260 g/mol. The molecule has 2 aromatic rings. The Morgan fingerprint density at radius 1 is 1.47 bits per heavy atom. The average Bonchev–Trinajstić information content (AvgIpc) is 2.87. The minimum absolute atomic E-state index is 0.178. The molecule has 0 aliphatic heterocycles. The number of phenols is 1. The van der Waals surface area contributed by atoms with E-state index >= 15 is 0 Å². The van der Waals surface area contributed by atoms with Crippen molar-refractivity contribution in [1.82, 2.24) is 10.3 Å². The number of hydrogen-bond donors (Lipinski definition) is 2. The lowest BCUT2D eigenvalue weighted by Gasteiger charge is -2.05. The number of amides is 1. The summed E-state index contributed by atoms with van der Waals surface area (Å²) in [4.78, 5) is 16.0. The van der Waals surface area contributed by atoms with Crippen LogP contribution in [-0.2, 0) is 13.0 Å². The van der Waals surface area contributed by atoms with Gasteiger partial charge in [-0.05, 0) is 30.7 Å². The number of nitrogens with one attached hydrogen (secondary N) is 1. The van der Waals surface area contributed by atoms with Crippen LogP contribution in [0, 0.1) is 6.92 Å². The zero-order valence-electron chi connectivity index (χ0n) is 10.9. The molecule has 0 bridgehead atoms. The Kier molecular flexibility index (Phi) is 3.85. The molecule has 0 saturated carbocycles. The van der Waals surface area contributed by atoms with Crippen LogP contribution in [0.5, 0.6) is 5.75 Å². The Balaban J connectivity index is 1.99. The fourth-order valence-corrected chi connectivity index (χ4v) is 1.65. The first-order valence-corrected chi connectivity index (χ1v) is 6.11. The Bertz CT molecular complexity index is 590. The van der Waals surface area contributed by atoms with Crippen molar-refractivity contribution in [3.05, 3.63) is 47.2 Å². The fourth-order valence-electron chi connectivity index (χ4n) is 1.65. The summed E-state index contributed by atoms with van der Waals surface area (Å²) in [5.74, 6) is 1.24. The van der Waals surface area contributed by atoms with E-state index in [1.54, 1.807) is 25.3 Å². The molecule has 5 heteroatoms. The van der Waals surface area contributed by atoms with Gasteiger partial charge in [-0.25, -0.2) is 4.98 Å². The Morgan fingerprint density at radius 2 is 2.26 bits per heavy atom. The summed E-state index contributed by atoms with van der Waals surface area (Å²) in [5.41, 5.74) is 1.16. The molecule has 2 N–H and O–H groups in total. The van der Waals surface area contributed by atoms with Crippen molar-refractivity contribution < 1.29 is 14.3 Å². The number of aryl methyl sites for hydroxylation is 2. The van der Waals surface area contributed by atoms with Crippen LogP contribution < -0.4 is 5.32 Å². The maximum Gasteiger partial charge on any atom is 0.251 e. The standard InChI is InChI=1S/C14H16N2O3/c1-3-11-7-15-13(19-11)8-16-14(18)10-4-5-12(17)9(2)6-10/h4-7,17H,3,8H2,1-2H3,(H,16,18). The molecule has 0 aliphatic rings. The molecule has 0 fully saturated rings. The van der Waals surface area contributed by atoms with Crippen LogP contribution in [0.3, 0.4) is 0 Å². The van der Waals surface area contributed by atoms with Crippen LogP contribution in [0.25, 0.3) is 0 Å². The number of benzene rings is 1. The van der Waals surface area contributed by atoms with Gasteiger partial charge in [-0.15, -0.1) is 0 Å². The molecule has 0 atom stereocenters. The molecule has 0 radical (unpaired) electrons. The molecule has 100 valence electrons. The molecule has 1 aromatic carbocycles.